The number of carboxylic acid groups (broad SMARTS) is 1. The van der Waals surface area contributed by atoms with E-state index in [0.717, 1.165) is 12.1 Å². The van der Waals surface area contributed by atoms with E-state index < -0.39 is 27.3 Å². The van der Waals surface area contributed by atoms with Crippen LogP contribution in [0.15, 0.2) is 23.1 Å². The zero-order valence-corrected chi connectivity index (χ0v) is 10.8. The highest BCUT2D eigenvalue weighted by atomic mass is 32.2. The number of morpholine rings is 1. The van der Waals surface area contributed by atoms with Crippen molar-refractivity contribution in [3.8, 4) is 5.75 Å². The highest BCUT2D eigenvalue weighted by molar-refractivity contribution is 7.89. The number of phenols is 1. The highest BCUT2D eigenvalue weighted by Gasteiger charge is 2.27. The predicted octanol–water partition coefficient (Wildman–Crippen LogP) is 0.111. The molecular formula is C11H13NO6S. The fourth-order valence-electron chi connectivity index (χ4n) is 1.78. The summed E-state index contributed by atoms with van der Waals surface area (Å²) in [4.78, 5) is 10.7. The number of rotatable bonds is 3. The molecule has 0 aromatic heterocycles. The Balaban J connectivity index is 2.40. The minimum absolute atomic E-state index is 0.149. The summed E-state index contributed by atoms with van der Waals surface area (Å²) in [7, 11) is -3.76. The van der Waals surface area contributed by atoms with Crippen molar-refractivity contribution < 1.29 is 28.2 Å². The van der Waals surface area contributed by atoms with Crippen molar-refractivity contribution >= 4 is 16.0 Å². The molecule has 0 unspecified atom stereocenters. The lowest BCUT2D eigenvalue weighted by Gasteiger charge is -2.26. The van der Waals surface area contributed by atoms with Gasteiger partial charge in [-0.05, 0) is 18.2 Å². The first kappa shape index (κ1) is 13.8. The molecule has 2 N–H and O–H groups in total. The van der Waals surface area contributed by atoms with E-state index in [1.807, 2.05) is 0 Å². The third-order valence-electron chi connectivity index (χ3n) is 2.81. The molecule has 0 spiro atoms. The number of aromatic hydroxyl groups is 1. The van der Waals surface area contributed by atoms with Gasteiger partial charge in [0.25, 0.3) is 0 Å². The second-order valence-electron chi connectivity index (χ2n) is 4.00. The fourth-order valence-corrected chi connectivity index (χ4v) is 3.22. The number of carbonyl (C=O) groups is 1. The van der Waals surface area contributed by atoms with E-state index in [1.165, 1.54) is 10.4 Å². The van der Waals surface area contributed by atoms with Crippen LogP contribution in [-0.2, 0) is 14.8 Å². The summed E-state index contributed by atoms with van der Waals surface area (Å²) in [6, 6.07) is 3.21. The van der Waals surface area contributed by atoms with Crippen LogP contribution in [0.1, 0.15) is 10.4 Å². The van der Waals surface area contributed by atoms with Gasteiger partial charge in [-0.15, -0.1) is 0 Å². The Morgan fingerprint density at radius 2 is 1.89 bits per heavy atom. The van der Waals surface area contributed by atoms with Gasteiger partial charge in [0, 0.05) is 13.1 Å². The molecule has 0 atom stereocenters. The third-order valence-corrected chi connectivity index (χ3v) is 4.70. The van der Waals surface area contributed by atoms with Gasteiger partial charge in [0.2, 0.25) is 10.0 Å². The molecule has 1 aliphatic heterocycles. The number of nitrogens with zero attached hydrogens (tertiary/aromatic N) is 1. The van der Waals surface area contributed by atoms with Crippen molar-refractivity contribution in [2.45, 2.75) is 4.90 Å². The second kappa shape index (κ2) is 5.16. The van der Waals surface area contributed by atoms with Crippen LogP contribution in [0.4, 0.5) is 0 Å². The lowest BCUT2D eigenvalue weighted by atomic mass is 10.2. The fraction of sp³-hybridized carbons (Fsp3) is 0.364. The van der Waals surface area contributed by atoms with E-state index in [-0.39, 0.29) is 18.0 Å². The number of aromatic carboxylic acids is 1. The summed E-state index contributed by atoms with van der Waals surface area (Å²) >= 11 is 0. The molecule has 8 heteroatoms. The summed E-state index contributed by atoms with van der Waals surface area (Å²) in [5, 5.41) is 18.2. The maximum Gasteiger partial charge on any atom is 0.339 e. The molecule has 19 heavy (non-hydrogen) atoms. The van der Waals surface area contributed by atoms with Crippen LogP contribution in [0.25, 0.3) is 0 Å². The molecule has 0 saturated carbocycles. The van der Waals surface area contributed by atoms with E-state index in [0.29, 0.717) is 13.2 Å². The van der Waals surface area contributed by atoms with Gasteiger partial charge in [0.1, 0.15) is 11.3 Å². The van der Waals surface area contributed by atoms with Gasteiger partial charge in [-0.3, -0.25) is 0 Å². The Labute approximate surface area is 110 Å². The van der Waals surface area contributed by atoms with Gasteiger partial charge in [0.15, 0.2) is 0 Å². The van der Waals surface area contributed by atoms with Crippen LogP contribution in [0.3, 0.4) is 0 Å². The molecule has 1 aromatic carbocycles. The molecule has 0 bridgehead atoms. The average Bonchev–Trinajstić information content (AvgIpc) is 2.39. The summed E-state index contributed by atoms with van der Waals surface area (Å²) < 4.78 is 30.8. The molecule has 1 saturated heterocycles. The second-order valence-corrected chi connectivity index (χ2v) is 5.94. The van der Waals surface area contributed by atoms with Crippen LogP contribution in [0.5, 0.6) is 5.75 Å². The van der Waals surface area contributed by atoms with Crippen molar-refractivity contribution in [2.75, 3.05) is 26.3 Å². The molecule has 1 fully saturated rings. The van der Waals surface area contributed by atoms with Gasteiger partial charge < -0.3 is 14.9 Å². The lowest BCUT2D eigenvalue weighted by Crippen LogP contribution is -2.40. The molecule has 1 heterocycles. The zero-order chi connectivity index (χ0) is 14.0. The normalized spacial score (nSPS) is 17.3. The van der Waals surface area contributed by atoms with Crippen molar-refractivity contribution in [3.05, 3.63) is 23.8 Å². The molecule has 7 nitrogen and oxygen atoms in total. The van der Waals surface area contributed by atoms with Gasteiger partial charge in [-0.1, -0.05) is 0 Å². The Morgan fingerprint density at radius 3 is 2.47 bits per heavy atom. The minimum atomic E-state index is -3.76. The number of benzene rings is 1. The smallest absolute Gasteiger partial charge is 0.339 e. The molecular weight excluding hydrogens is 274 g/mol. The first-order chi connectivity index (χ1) is 8.93. The molecule has 1 aromatic rings. The molecule has 1 aliphatic rings. The van der Waals surface area contributed by atoms with Crippen molar-refractivity contribution in [1.29, 1.82) is 0 Å². The molecule has 0 aliphatic carbocycles. The van der Waals surface area contributed by atoms with Gasteiger partial charge in [-0.25, -0.2) is 13.2 Å². The van der Waals surface area contributed by atoms with Crippen molar-refractivity contribution in [3.63, 3.8) is 0 Å². The van der Waals surface area contributed by atoms with E-state index in [9.17, 15) is 18.3 Å². The minimum Gasteiger partial charge on any atom is -0.507 e. The lowest BCUT2D eigenvalue weighted by molar-refractivity contribution is 0.0692. The standard InChI is InChI=1S/C11H13NO6S/c13-10-2-1-8(7-9(10)11(14)15)19(16,17)12-3-5-18-6-4-12/h1-2,7,13H,3-6H2,(H,14,15). The quantitative estimate of drug-likeness (QED) is 0.817. The van der Waals surface area contributed by atoms with Crippen LogP contribution in [-0.4, -0.2) is 55.2 Å². The van der Waals surface area contributed by atoms with Crippen LogP contribution in [0.2, 0.25) is 0 Å². The Morgan fingerprint density at radius 1 is 1.26 bits per heavy atom. The maximum atomic E-state index is 12.3. The molecule has 2 rings (SSSR count). The van der Waals surface area contributed by atoms with E-state index in [1.54, 1.807) is 0 Å². The first-order valence-corrected chi connectivity index (χ1v) is 7.01. The van der Waals surface area contributed by atoms with E-state index in [2.05, 4.69) is 0 Å². The van der Waals surface area contributed by atoms with Crippen LogP contribution in [0, 0.1) is 0 Å². The maximum absolute atomic E-state index is 12.3. The Kier molecular flexibility index (Phi) is 3.74. The number of ether oxygens (including phenoxy) is 1. The number of hydrogen-bond donors (Lipinski definition) is 2. The monoisotopic (exact) mass is 287 g/mol. The van der Waals surface area contributed by atoms with E-state index in [4.69, 9.17) is 9.84 Å². The summed E-state index contributed by atoms with van der Waals surface area (Å²) in [5.41, 5.74) is -0.436. The van der Waals surface area contributed by atoms with Gasteiger partial charge in [-0.2, -0.15) is 4.31 Å². The topological polar surface area (TPSA) is 104 Å². The largest absolute Gasteiger partial charge is 0.507 e. The average molecular weight is 287 g/mol. The van der Waals surface area contributed by atoms with Crippen LogP contribution < -0.4 is 0 Å². The summed E-state index contributed by atoms with van der Waals surface area (Å²) in [6.45, 7) is 1.07. The predicted molar refractivity (Wildman–Crippen MR) is 64.6 cm³/mol. The summed E-state index contributed by atoms with van der Waals surface area (Å²) in [5.74, 6) is -1.84. The molecule has 104 valence electrons. The summed E-state index contributed by atoms with van der Waals surface area (Å²) in [6.07, 6.45) is 0. The third kappa shape index (κ3) is 2.70. The van der Waals surface area contributed by atoms with Crippen molar-refractivity contribution in [1.82, 2.24) is 4.31 Å². The number of sulfonamides is 1. The first-order valence-electron chi connectivity index (χ1n) is 5.57. The van der Waals surface area contributed by atoms with Gasteiger partial charge >= 0.3 is 5.97 Å². The molecule has 0 radical (unpaired) electrons. The van der Waals surface area contributed by atoms with E-state index >= 15 is 0 Å². The Hall–Kier alpha value is -1.64. The zero-order valence-electron chi connectivity index (χ0n) is 9.94. The van der Waals surface area contributed by atoms with Gasteiger partial charge in [0.05, 0.1) is 18.1 Å². The highest BCUT2D eigenvalue weighted by Crippen LogP contribution is 2.24. The number of hydrogen-bond acceptors (Lipinski definition) is 5. The van der Waals surface area contributed by atoms with Crippen LogP contribution >= 0.6 is 0 Å². The Bertz CT molecular complexity index is 591. The molecule has 0 amide bonds. The SMILES string of the molecule is O=C(O)c1cc(S(=O)(=O)N2CCOCC2)ccc1O. The number of carboxylic acids is 1. The van der Waals surface area contributed by atoms with Crippen molar-refractivity contribution in [2.24, 2.45) is 0 Å².